The fraction of sp³-hybridized carbons (Fsp3) is 0.756. The lowest BCUT2D eigenvalue weighted by molar-refractivity contribution is -0.309. The molecule has 0 radical (unpaired) electrons. The summed E-state index contributed by atoms with van der Waals surface area (Å²) in [5, 5.41) is 64.8. The van der Waals surface area contributed by atoms with Gasteiger partial charge in [0, 0.05) is 113 Å². The summed E-state index contributed by atoms with van der Waals surface area (Å²) in [6.07, 6.45) is 16.3. The molecule has 21 atom stereocenters. The highest BCUT2D eigenvalue weighted by atomic mass is 32.1. The predicted molar refractivity (Wildman–Crippen MR) is 387 cm³/mol. The quantitative estimate of drug-likeness (QED) is 0.116. The number of nitrogens with one attached hydrogen (secondary N) is 2. The van der Waals surface area contributed by atoms with Gasteiger partial charge in [0.25, 0.3) is 0 Å². The van der Waals surface area contributed by atoms with Gasteiger partial charge in [0.15, 0.2) is 40.7 Å². The molecule has 16 nitrogen and oxygen atoms in total. The Labute approximate surface area is 597 Å². The summed E-state index contributed by atoms with van der Waals surface area (Å²) < 4.78 is 51.8. The van der Waals surface area contributed by atoms with Crippen LogP contribution in [-0.4, -0.2) is 151 Å². The van der Waals surface area contributed by atoms with Crippen molar-refractivity contribution in [3.8, 4) is 40.7 Å². The molecule has 6 spiro atoms. The summed E-state index contributed by atoms with van der Waals surface area (Å²) in [6, 6.07) is 13.3. The van der Waals surface area contributed by atoms with E-state index < -0.39 is 33.6 Å². The van der Waals surface area contributed by atoms with E-state index in [1.54, 1.807) is 34.5 Å². The average molecular weight is 1400 g/mol. The van der Waals surface area contributed by atoms with Gasteiger partial charge in [-0.1, -0.05) is 80.5 Å². The Morgan fingerprint density at radius 2 is 0.825 bits per heavy atom. The third-order valence-corrected chi connectivity index (χ3v) is 31.9. The Balaban J connectivity index is 0.000000129. The molecule has 12 aliphatic carbocycles. The second kappa shape index (κ2) is 22.0. The molecule has 19 heteroatoms. The molecule has 12 bridgehead atoms. The van der Waals surface area contributed by atoms with Crippen LogP contribution in [0, 0.1) is 61.7 Å². The number of aliphatic hydroxyl groups is 3. The molecule has 21 rings (SSSR count). The van der Waals surface area contributed by atoms with Crippen molar-refractivity contribution in [3.63, 3.8) is 0 Å². The first kappa shape index (κ1) is 71.9. The fourth-order valence-electron chi connectivity index (χ4n) is 26.1. The molecule has 6 N–H and O–H groups in total. The standard InChI is InChI=1S/C27H36N2O4.C26H37NO4.C25H35NO4.3H2S/c1-23(2,3)24(4,30)18-14-25-9-10-27(18,32-6)22-26(25)11-12-29(15-28)19(25)13-16-7-8-17(31-5)21(33-22)20(16)26;1-22(2,3)23(4,28)17-14-24-9-10-26(17,30-6)21-25(24)11-12-27-18(24)13-15-7-8-16(29-5)20(31-21)19(15)25;1-21(2,3)22(4,28)16-13-23-8-9-25(16,29-5)20-24(23)10-11-26-17(23)12-14-6-7-15(27)19(30-20)18(14)24;;;/h7-8,18-19,22,30H,9-14H2,1-6H3;7-8,17-18,21,27-28H,9-14H2,1-6H3;6-7,16-17,20,26-28H,8-13H2,1-5H3;3*1H2/t18-,19?,22?,24-,25-,26?,27-;17-,18?,21?,23-,24-,25?,26-;16-,17?,20?,22-,23-,24?,25-;;;/m111.../s1. The summed E-state index contributed by atoms with van der Waals surface area (Å²) in [5.74, 6) is 4.20. The van der Waals surface area contributed by atoms with Crippen molar-refractivity contribution >= 4 is 40.5 Å². The molecule has 18 aliphatic rings. The molecule has 0 aromatic heterocycles. The van der Waals surface area contributed by atoms with E-state index in [0.29, 0.717) is 17.8 Å². The number of fused-ring (bicyclic) bond motifs is 6. The summed E-state index contributed by atoms with van der Waals surface area (Å²) in [6.45, 7) is 27.9. The molecule has 9 saturated carbocycles. The Hall–Kier alpha value is -3.52. The first-order valence-corrected chi connectivity index (χ1v) is 35.9. The monoisotopic (exact) mass is 1390 g/mol. The third-order valence-electron chi connectivity index (χ3n) is 31.9. The van der Waals surface area contributed by atoms with E-state index in [-0.39, 0.29) is 137 Å². The van der Waals surface area contributed by atoms with Gasteiger partial charge in [-0.25, -0.2) is 0 Å². The van der Waals surface area contributed by atoms with Gasteiger partial charge in [-0.15, -0.1) is 0 Å². The number of methoxy groups -OCH3 is 5. The van der Waals surface area contributed by atoms with Crippen LogP contribution >= 0.6 is 40.5 Å². The van der Waals surface area contributed by atoms with Crippen molar-refractivity contribution in [3.05, 3.63) is 69.8 Å². The van der Waals surface area contributed by atoms with Crippen molar-refractivity contribution < 1.29 is 58.3 Å². The van der Waals surface area contributed by atoms with Crippen LogP contribution in [0.5, 0.6) is 34.5 Å². The van der Waals surface area contributed by atoms with E-state index in [1.165, 1.54) is 33.4 Å². The third kappa shape index (κ3) is 7.96. The van der Waals surface area contributed by atoms with Gasteiger partial charge in [0.05, 0.1) is 31.0 Å². The topological polar surface area (TPSA) is 206 Å². The van der Waals surface area contributed by atoms with Gasteiger partial charge in [0.1, 0.15) is 35.1 Å². The summed E-state index contributed by atoms with van der Waals surface area (Å²) in [4.78, 5) is 2.03. The zero-order valence-electron chi connectivity index (χ0n) is 60.8. The molecule has 97 heavy (non-hydrogen) atoms. The Bertz CT molecular complexity index is 3730. The molecule has 536 valence electrons. The van der Waals surface area contributed by atoms with E-state index in [0.717, 1.165) is 139 Å². The van der Waals surface area contributed by atoms with Gasteiger partial charge in [-0.3, -0.25) is 0 Å². The number of likely N-dealkylation sites (tertiary alicyclic amines) is 1. The molecule has 12 fully saturated rings. The average Bonchev–Trinajstić information content (AvgIpc) is 1.59. The van der Waals surface area contributed by atoms with Crippen molar-refractivity contribution in [1.29, 1.82) is 5.26 Å². The lowest BCUT2D eigenvalue weighted by Gasteiger charge is -2.75. The highest BCUT2D eigenvalue weighted by molar-refractivity contribution is 7.59. The zero-order chi connectivity index (χ0) is 67.0. The van der Waals surface area contributed by atoms with Crippen LogP contribution < -0.4 is 34.3 Å². The molecule has 6 heterocycles. The van der Waals surface area contributed by atoms with Crippen LogP contribution in [-0.2, 0) is 49.7 Å². The van der Waals surface area contributed by atoms with E-state index >= 15 is 0 Å². The number of hydrogen-bond donors (Lipinski definition) is 6. The molecule has 3 aromatic carbocycles. The maximum atomic E-state index is 12.1. The molecule has 6 aliphatic heterocycles. The maximum absolute atomic E-state index is 12.1. The van der Waals surface area contributed by atoms with Gasteiger partial charge >= 0.3 is 0 Å². The minimum Gasteiger partial charge on any atom is -0.504 e. The maximum Gasteiger partial charge on any atom is 0.179 e. The number of piperidine rings is 3. The first-order valence-electron chi connectivity index (χ1n) is 35.9. The summed E-state index contributed by atoms with van der Waals surface area (Å²) in [5.41, 5.74) is 2.10. The molecule has 3 aromatic rings. The van der Waals surface area contributed by atoms with Crippen LogP contribution in [0.2, 0.25) is 0 Å². The number of phenolic OH excluding ortho intramolecular Hbond substituents is 1. The number of aromatic hydroxyl groups is 1. The number of nitrogens with zero attached hydrogens (tertiary/aromatic N) is 2. The molecule has 9 unspecified atom stereocenters. The summed E-state index contributed by atoms with van der Waals surface area (Å²) >= 11 is 0. The summed E-state index contributed by atoms with van der Waals surface area (Å²) in [7, 11) is 8.88. The smallest absolute Gasteiger partial charge is 0.179 e. The van der Waals surface area contributed by atoms with E-state index in [4.69, 9.17) is 37.9 Å². The highest BCUT2D eigenvalue weighted by Gasteiger charge is 2.86. The van der Waals surface area contributed by atoms with Crippen LogP contribution in [0.1, 0.15) is 194 Å². The minimum atomic E-state index is -0.966. The van der Waals surface area contributed by atoms with Crippen LogP contribution in [0.3, 0.4) is 0 Å². The number of ether oxygens (including phenoxy) is 8. The number of hydrogen-bond acceptors (Lipinski definition) is 16. The second-order valence-electron chi connectivity index (χ2n) is 36.2. The molecule has 3 saturated heterocycles. The molecule has 0 amide bonds. The van der Waals surface area contributed by atoms with Crippen LogP contribution in [0.25, 0.3) is 0 Å². The second-order valence-corrected chi connectivity index (χ2v) is 36.2. The normalized spacial score (nSPS) is 42.1. The fourth-order valence-corrected chi connectivity index (χ4v) is 26.1. The lowest BCUT2D eigenvalue weighted by atomic mass is 9.33. The van der Waals surface area contributed by atoms with E-state index in [2.05, 4.69) is 103 Å². The van der Waals surface area contributed by atoms with E-state index in [9.17, 15) is 25.7 Å². The van der Waals surface area contributed by atoms with E-state index in [1.807, 2.05) is 38.8 Å². The molecular formula is C78H114N4O12S3. The van der Waals surface area contributed by atoms with Crippen molar-refractivity contribution in [2.75, 3.05) is 55.2 Å². The van der Waals surface area contributed by atoms with Crippen LogP contribution in [0.15, 0.2) is 36.4 Å². The van der Waals surface area contributed by atoms with Gasteiger partial charge < -0.3 is 73.9 Å². The number of rotatable bonds is 8. The zero-order valence-corrected chi connectivity index (χ0v) is 63.8. The Morgan fingerprint density at radius 3 is 1.21 bits per heavy atom. The molecular weight excluding hydrogens is 1280 g/mol. The minimum absolute atomic E-state index is 0. The number of benzene rings is 3. The van der Waals surface area contributed by atoms with Crippen molar-refractivity contribution in [2.45, 2.75) is 266 Å². The van der Waals surface area contributed by atoms with Crippen molar-refractivity contribution in [2.24, 2.45) is 50.2 Å². The van der Waals surface area contributed by atoms with Gasteiger partial charge in [-0.2, -0.15) is 45.7 Å². The number of phenols is 1. The first-order chi connectivity index (χ1) is 44.2. The van der Waals surface area contributed by atoms with Crippen LogP contribution in [0.4, 0.5) is 0 Å². The number of nitriles is 1. The largest absolute Gasteiger partial charge is 0.504 e. The van der Waals surface area contributed by atoms with Gasteiger partial charge in [0.2, 0.25) is 0 Å². The Morgan fingerprint density at radius 1 is 0.474 bits per heavy atom. The lowest BCUT2D eigenvalue weighted by Crippen LogP contribution is -2.83. The SMILES string of the molecule is CO[C@]12CC[C@@]3(C[C@@H]1[C@@](C)(O)C(C)(C)C)C1Cc4ccc(O)c5c4C3(CCN1)C2O5.COc1ccc2c3c1OC1C34CCN(C#N)C(C2)[C@]42CC[C@@]1(OC)[C@@H]([C@@](C)(O)C(C)(C)C)C2.COc1ccc2c3c1OC1C34CCNC(C2)[C@]42CC[C@@]1(OC)[C@@H]([C@@](C)(O)C(C)(C)C)C2.S.S.S. The van der Waals surface area contributed by atoms with Gasteiger partial charge in [-0.05, 0) is 181 Å². The predicted octanol–water partition coefficient (Wildman–Crippen LogP) is 11.0. The highest BCUT2D eigenvalue weighted by Crippen LogP contribution is 2.81. The Kier molecular flexibility index (Phi) is 16.3. The van der Waals surface area contributed by atoms with Crippen molar-refractivity contribution in [1.82, 2.24) is 15.5 Å².